The van der Waals surface area contributed by atoms with Gasteiger partial charge >= 0.3 is 0 Å². The van der Waals surface area contributed by atoms with Gasteiger partial charge in [0.2, 0.25) is 0 Å². The molecule has 0 amide bonds. The SMILES string of the molecule is CCNc1cccc(Cn2c(C)nc3ccccc32)n1. The van der Waals surface area contributed by atoms with E-state index >= 15 is 0 Å². The van der Waals surface area contributed by atoms with Crippen molar-refractivity contribution in [3.05, 3.63) is 54.0 Å². The van der Waals surface area contributed by atoms with E-state index in [2.05, 4.69) is 38.9 Å². The first-order valence-corrected chi connectivity index (χ1v) is 6.89. The number of fused-ring (bicyclic) bond motifs is 1. The molecule has 0 aliphatic heterocycles. The van der Waals surface area contributed by atoms with Crippen molar-refractivity contribution in [2.24, 2.45) is 0 Å². The molecule has 1 N–H and O–H groups in total. The highest BCUT2D eigenvalue weighted by molar-refractivity contribution is 5.75. The van der Waals surface area contributed by atoms with E-state index in [9.17, 15) is 0 Å². The Morgan fingerprint density at radius 3 is 2.75 bits per heavy atom. The number of para-hydroxylation sites is 2. The minimum atomic E-state index is 0.742. The summed E-state index contributed by atoms with van der Waals surface area (Å²) >= 11 is 0. The number of pyridine rings is 1. The lowest BCUT2D eigenvalue weighted by Gasteiger charge is -2.08. The summed E-state index contributed by atoms with van der Waals surface area (Å²) < 4.78 is 2.20. The van der Waals surface area contributed by atoms with Gasteiger partial charge in [-0.1, -0.05) is 18.2 Å². The van der Waals surface area contributed by atoms with Gasteiger partial charge in [0.05, 0.1) is 23.3 Å². The Hall–Kier alpha value is -2.36. The van der Waals surface area contributed by atoms with Gasteiger partial charge in [0, 0.05) is 6.54 Å². The number of nitrogens with zero attached hydrogens (tertiary/aromatic N) is 3. The largest absolute Gasteiger partial charge is 0.370 e. The third kappa shape index (κ3) is 2.37. The molecule has 102 valence electrons. The van der Waals surface area contributed by atoms with Crippen LogP contribution in [0.5, 0.6) is 0 Å². The molecule has 0 aliphatic carbocycles. The minimum Gasteiger partial charge on any atom is -0.370 e. The van der Waals surface area contributed by atoms with Gasteiger partial charge in [-0.25, -0.2) is 9.97 Å². The Morgan fingerprint density at radius 1 is 1.05 bits per heavy atom. The van der Waals surface area contributed by atoms with Gasteiger partial charge in [-0.15, -0.1) is 0 Å². The number of aromatic nitrogens is 3. The highest BCUT2D eigenvalue weighted by atomic mass is 15.1. The van der Waals surface area contributed by atoms with Crippen molar-refractivity contribution in [2.75, 3.05) is 11.9 Å². The molecule has 0 unspecified atom stereocenters. The van der Waals surface area contributed by atoms with Crippen molar-refractivity contribution in [3.8, 4) is 0 Å². The highest BCUT2D eigenvalue weighted by Crippen LogP contribution is 2.17. The minimum absolute atomic E-state index is 0.742. The van der Waals surface area contributed by atoms with Crippen LogP contribution in [0.4, 0.5) is 5.82 Å². The Bertz CT molecular complexity index is 730. The van der Waals surface area contributed by atoms with Crippen LogP contribution in [0.2, 0.25) is 0 Å². The molecule has 0 aliphatic rings. The summed E-state index contributed by atoms with van der Waals surface area (Å²) in [5.41, 5.74) is 3.23. The van der Waals surface area contributed by atoms with E-state index in [-0.39, 0.29) is 0 Å². The lowest BCUT2D eigenvalue weighted by molar-refractivity contribution is 0.765. The van der Waals surface area contributed by atoms with Gasteiger partial charge in [-0.05, 0) is 38.1 Å². The zero-order valence-corrected chi connectivity index (χ0v) is 11.8. The predicted molar refractivity (Wildman–Crippen MR) is 82.0 cm³/mol. The molecule has 1 aromatic carbocycles. The van der Waals surface area contributed by atoms with Crippen LogP contribution in [0, 0.1) is 6.92 Å². The van der Waals surface area contributed by atoms with E-state index in [1.165, 1.54) is 0 Å². The average Bonchev–Trinajstić information content (AvgIpc) is 2.76. The lowest BCUT2D eigenvalue weighted by Crippen LogP contribution is -2.06. The van der Waals surface area contributed by atoms with Crippen LogP contribution in [0.1, 0.15) is 18.4 Å². The molecule has 20 heavy (non-hydrogen) atoms. The van der Waals surface area contributed by atoms with Gasteiger partial charge in [-0.3, -0.25) is 0 Å². The van der Waals surface area contributed by atoms with Crippen molar-refractivity contribution in [1.29, 1.82) is 0 Å². The molecule has 0 radical (unpaired) electrons. The van der Waals surface area contributed by atoms with Gasteiger partial charge in [0.25, 0.3) is 0 Å². The first kappa shape index (κ1) is 12.7. The molecule has 4 heteroatoms. The van der Waals surface area contributed by atoms with E-state index in [1.54, 1.807) is 0 Å². The summed E-state index contributed by atoms with van der Waals surface area (Å²) in [7, 11) is 0. The second kappa shape index (κ2) is 5.33. The van der Waals surface area contributed by atoms with Crippen LogP contribution >= 0.6 is 0 Å². The molecular weight excluding hydrogens is 248 g/mol. The molecular formula is C16H18N4. The first-order valence-electron chi connectivity index (χ1n) is 6.89. The summed E-state index contributed by atoms with van der Waals surface area (Å²) in [6.07, 6.45) is 0. The molecule has 2 aromatic heterocycles. The summed E-state index contributed by atoms with van der Waals surface area (Å²) in [6, 6.07) is 14.3. The highest BCUT2D eigenvalue weighted by Gasteiger charge is 2.07. The van der Waals surface area contributed by atoms with Crippen molar-refractivity contribution >= 4 is 16.9 Å². The summed E-state index contributed by atoms with van der Waals surface area (Å²) in [4.78, 5) is 9.21. The van der Waals surface area contributed by atoms with Crippen molar-refractivity contribution < 1.29 is 0 Å². The maximum Gasteiger partial charge on any atom is 0.126 e. The van der Waals surface area contributed by atoms with Crippen molar-refractivity contribution in [2.45, 2.75) is 20.4 Å². The summed E-state index contributed by atoms with van der Waals surface area (Å²) in [6.45, 7) is 5.73. The van der Waals surface area contributed by atoms with E-state index in [0.29, 0.717) is 0 Å². The zero-order valence-electron chi connectivity index (χ0n) is 11.8. The third-order valence-corrected chi connectivity index (χ3v) is 3.33. The van der Waals surface area contributed by atoms with Crippen LogP contribution < -0.4 is 5.32 Å². The first-order chi connectivity index (χ1) is 9.78. The predicted octanol–water partition coefficient (Wildman–Crippen LogP) is 3.22. The average molecular weight is 266 g/mol. The molecule has 2 heterocycles. The van der Waals surface area contributed by atoms with Crippen molar-refractivity contribution in [1.82, 2.24) is 14.5 Å². The van der Waals surface area contributed by atoms with Gasteiger partial charge in [-0.2, -0.15) is 0 Å². The Morgan fingerprint density at radius 2 is 1.90 bits per heavy atom. The molecule has 0 bridgehead atoms. The topological polar surface area (TPSA) is 42.7 Å². The van der Waals surface area contributed by atoms with Crippen molar-refractivity contribution in [3.63, 3.8) is 0 Å². The quantitative estimate of drug-likeness (QED) is 0.788. The Kier molecular flexibility index (Phi) is 3.37. The Labute approximate surface area is 118 Å². The maximum absolute atomic E-state index is 4.63. The number of anilines is 1. The number of aryl methyl sites for hydroxylation is 1. The fraction of sp³-hybridized carbons (Fsp3) is 0.250. The fourth-order valence-corrected chi connectivity index (χ4v) is 2.40. The number of benzene rings is 1. The van der Waals surface area contributed by atoms with Gasteiger partial charge in [0.15, 0.2) is 0 Å². The standard InChI is InChI=1S/C16H18N4/c1-3-17-16-10-6-7-13(19-16)11-20-12(2)18-14-8-4-5-9-15(14)20/h4-10H,3,11H2,1-2H3,(H,17,19). The van der Waals surface area contributed by atoms with Crippen LogP contribution in [-0.4, -0.2) is 21.1 Å². The normalized spacial score (nSPS) is 10.9. The van der Waals surface area contributed by atoms with Crippen LogP contribution in [-0.2, 0) is 6.54 Å². The molecule has 0 fully saturated rings. The van der Waals surface area contributed by atoms with E-state index in [4.69, 9.17) is 0 Å². The lowest BCUT2D eigenvalue weighted by atomic mass is 10.3. The monoisotopic (exact) mass is 266 g/mol. The molecule has 0 spiro atoms. The molecule has 3 rings (SSSR count). The second-order valence-corrected chi connectivity index (χ2v) is 4.78. The smallest absolute Gasteiger partial charge is 0.126 e. The third-order valence-electron chi connectivity index (χ3n) is 3.33. The molecule has 4 nitrogen and oxygen atoms in total. The second-order valence-electron chi connectivity index (χ2n) is 4.78. The Balaban J connectivity index is 1.96. The summed E-state index contributed by atoms with van der Waals surface area (Å²) in [5.74, 6) is 1.94. The van der Waals surface area contributed by atoms with E-state index in [0.717, 1.165) is 41.5 Å². The molecule has 3 aromatic rings. The molecule has 0 saturated heterocycles. The molecule has 0 atom stereocenters. The molecule has 0 saturated carbocycles. The van der Waals surface area contributed by atoms with E-state index < -0.39 is 0 Å². The number of nitrogens with one attached hydrogen (secondary N) is 1. The van der Waals surface area contributed by atoms with E-state index in [1.807, 2.05) is 37.3 Å². The number of rotatable bonds is 4. The number of hydrogen-bond donors (Lipinski definition) is 1. The van der Waals surface area contributed by atoms with Crippen LogP contribution in [0.25, 0.3) is 11.0 Å². The number of imidazole rings is 1. The number of hydrogen-bond acceptors (Lipinski definition) is 3. The zero-order chi connectivity index (χ0) is 13.9. The van der Waals surface area contributed by atoms with Gasteiger partial charge < -0.3 is 9.88 Å². The summed E-state index contributed by atoms with van der Waals surface area (Å²) in [5, 5.41) is 3.24. The van der Waals surface area contributed by atoms with Crippen LogP contribution in [0.15, 0.2) is 42.5 Å². The maximum atomic E-state index is 4.63. The fourth-order valence-electron chi connectivity index (χ4n) is 2.40. The van der Waals surface area contributed by atoms with Crippen LogP contribution in [0.3, 0.4) is 0 Å². The van der Waals surface area contributed by atoms with Gasteiger partial charge in [0.1, 0.15) is 11.6 Å².